The summed E-state index contributed by atoms with van der Waals surface area (Å²) in [5, 5.41) is 9.08. The molecule has 0 amide bonds. The molecule has 1 unspecified atom stereocenters. The van der Waals surface area contributed by atoms with Crippen LogP contribution in [0.15, 0.2) is 24.3 Å². The number of hydrogen-bond donors (Lipinski definition) is 1. The molecule has 0 radical (unpaired) electrons. The Balaban J connectivity index is 2.66. The number of rotatable bonds is 7. The fourth-order valence-corrected chi connectivity index (χ4v) is 1.73. The number of carboxylic acids is 1. The Morgan fingerprint density at radius 1 is 1.28 bits per heavy atom. The molecule has 0 aliphatic carbocycles. The predicted molar refractivity (Wildman–Crippen MR) is 71.9 cm³/mol. The monoisotopic (exact) mass is 250 g/mol. The third kappa shape index (κ3) is 4.49. The maximum Gasteiger partial charge on any atom is 0.333 e. The van der Waals surface area contributed by atoms with E-state index in [1.807, 2.05) is 19.1 Å². The van der Waals surface area contributed by atoms with Gasteiger partial charge in [0.25, 0.3) is 0 Å². The van der Waals surface area contributed by atoms with Crippen molar-refractivity contribution >= 4 is 5.97 Å². The first-order valence-corrected chi connectivity index (χ1v) is 6.47. The average molecular weight is 250 g/mol. The van der Waals surface area contributed by atoms with Gasteiger partial charge in [0.05, 0.1) is 0 Å². The molecular formula is C15H22O3. The zero-order chi connectivity index (χ0) is 13.5. The number of carbonyl (C=O) groups is 1. The van der Waals surface area contributed by atoms with Gasteiger partial charge in [-0.1, -0.05) is 45.0 Å². The Morgan fingerprint density at radius 2 is 1.89 bits per heavy atom. The lowest BCUT2D eigenvalue weighted by Crippen LogP contribution is -2.26. The first-order chi connectivity index (χ1) is 8.54. The molecule has 0 saturated heterocycles. The van der Waals surface area contributed by atoms with Gasteiger partial charge in [0.15, 0.2) is 6.10 Å². The number of hydrogen-bond acceptors (Lipinski definition) is 2. The molecule has 100 valence electrons. The molecule has 1 rings (SSSR count). The summed E-state index contributed by atoms with van der Waals surface area (Å²) in [5.41, 5.74) is 2.27. The summed E-state index contributed by atoms with van der Waals surface area (Å²) in [7, 11) is 0. The molecule has 0 fully saturated rings. The predicted octanol–water partition coefficient (Wildman–Crippen LogP) is 3.23. The SMILES string of the molecule is CCCOC(Cc1ccc(C(C)C)cc1)C(=O)O. The van der Waals surface area contributed by atoms with Crippen molar-refractivity contribution in [2.75, 3.05) is 6.61 Å². The number of aliphatic carboxylic acids is 1. The van der Waals surface area contributed by atoms with Crippen molar-refractivity contribution in [3.8, 4) is 0 Å². The molecule has 3 heteroatoms. The molecule has 1 aromatic rings. The molecular weight excluding hydrogens is 228 g/mol. The summed E-state index contributed by atoms with van der Waals surface area (Å²) in [6.45, 7) is 6.73. The topological polar surface area (TPSA) is 46.5 Å². The maximum atomic E-state index is 11.1. The largest absolute Gasteiger partial charge is 0.479 e. The van der Waals surface area contributed by atoms with Crippen molar-refractivity contribution in [3.63, 3.8) is 0 Å². The second-order valence-electron chi connectivity index (χ2n) is 4.80. The van der Waals surface area contributed by atoms with Gasteiger partial charge in [0.1, 0.15) is 0 Å². The lowest BCUT2D eigenvalue weighted by Gasteiger charge is -2.14. The van der Waals surface area contributed by atoms with E-state index in [0.717, 1.165) is 12.0 Å². The Hall–Kier alpha value is -1.35. The van der Waals surface area contributed by atoms with Crippen LogP contribution in [0.3, 0.4) is 0 Å². The fourth-order valence-electron chi connectivity index (χ4n) is 1.73. The molecule has 18 heavy (non-hydrogen) atoms. The van der Waals surface area contributed by atoms with Crippen LogP contribution in [0, 0.1) is 0 Å². The zero-order valence-corrected chi connectivity index (χ0v) is 11.3. The number of ether oxygens (including phenoxy) is 1. The van der Waals surface area contributed by atoms with Crippen molar-refractivity contribution in [3.05, 3.63) is 35.4 Å². The molecule has 3 nitrogen and oxygen atoms in total. The van der Waals surface area contributed by atoms with E-state index in [4.69, 9.17) is 9.84 Å². The van der Waals surface area contributed by atoms with E-state index < -0.39 is 12.1 Å². The molecule has 1 N–H and O–H groups in total. The van der Waals surface area contributed by atoms with Crippen LogP contribution in [0.4, 0.5) is 0 Å². The van der Waals surface area contributed by atoms with Crippen LogP contribution < -0.4 is 0 Å². The van der Waals surface area contributed by atoms with Gasteiger partial charge in [-0.3, -0.25) is 0 Å². The summed E-state index contributed by atoms with van der Waals surface area (Å²) in [4.78, 5) is 11.1. The van der Waals surface area contributed by atoms with Gasteiger partial charge in [0.2, 0.25) is 0 Å². The van der Waals surface area contributed by atoms with Crippen LogP contribution in [0.5, 0.6) is 0 Å². The van der Waals surface area contributed by atoms with Crippen molar-refractivity contribution in [1.29, 1.82) is 0 Å². The van der Waals surface area contributed by atoms with Crippen LogP contribution in [0.1, 0.15) is 44.2 Å². The highest BCUT2D eigenvalue weighted by atomic mass is 16.5. The van der Waals surface area contributed by atoms with E-state index in [-0.39, 0.29) is 0 Å². The van der Waals surface area contributed by atoms with Gasteiger partial charge < -0.3 is 9.84 Å². The summed E-state index contributed by atoms with van der Waals surface area (Å²) in [6.07, 6.45) is 0.513. The van der Waals surface area contributed by atoms with Crippen molar-refractivity contribution < 1.29 is 14.6 Å². The average Bonchev–Trinajstić information content (AvgIpc) is 2.34. The molecule has 0 aromatic heterocycles. The summed E-state index contributed by atoms with van der Waals surface area (Å²) in [5.74, 6) is -0.401. The maximum absolute atomic E-state index is 11.1. The van der Waals surface area contributed by atoms with E-state index in [0.29, 0.717) is 18.9 Å². The van der Waals surface area contributed by atoms with Gasteiger partial charge in [0, 0.05) is 13.0 Å². The van der Waals surface area contributed by atoms with Gasteiger partial charge in [-0.05, 0) is 23.5 Å². The second-order valence-corrected chi connectivity index (χ2v) is 4.80. The van der Waals surface area contributed by atoms with Crippen molar-refractivity contribution in [2.45, 2.75) is 45.6 Å². The Kier molecular flexibility index (Phi) is 5.86. The third-order valence-corrected chi connectivity index (χ3v) is 2.87. The Labute approximate surface area is 109 Å². The second kappa shape index (κ2) is 7.17. The highest BCUT2D eigenvalue weighted by Crippen LogP contribution is 2.16. The summed E-state index contributed by atoms with van der Waals surface area (Å²) < 4.78 is 5.33. The fraction of sp³-hybridized carbons (Fsp3) is 0.533. The van der Waals surface area contributed by atoms with Crippen LogP contribution in [-0.2, 0) is 16.0 Å². The lowest BCUT2D eigenvalue weighted by molar-refractivity contribution is -0.150. The standard InChI is InChI=1S/C15H22O3/c1-4-9-18-14(15(16)17)10-12-5-7-13(8-6-12)11(2)3/h5-8,11,14H,4,9-10H2,1-3H3,(H,16,17). The van der Waals surface area contributed by atoms with E-state index in [1.54, 1.807) is 0 Å². The highest BCUT2D eigenvalue weighted by molar-refractivity contribution is 5.72. The minimum atomic E-state index is -0.892. The van der Waals surface area contributed by atoms with Crippen molar-refractivity contribution in [1.82, 2.24) is 0 Å². The zero-order valence-electron chi connectivity index (χ0n) is 11.3. The normalized spacial score (nSPS) is 12.7. The number of carboxylic acid groups (broad SMARTS) is 1. The minimum Gasteiger partial charge on any atom is -0.479 e. The van der Waals surface area contributed by atoms with E-state index in [9.17, 15) is 4.79 Å². The summed E-state index contributed by atoms with van der Waals surface area (Å²) >= 11 is 0. The van der Waals surface area contributed by atoms with Gasteiger partial charge in [-0.25, -0.2) is 4.79 Å². The van der Waals surface area contributed by atoms with Gasteiger partial charge in [-0.2, -0.15) is 0 Å². The van der Waals surface area contributed by atoms with E-state index in [2.05, 4.69) is 26.0 Å². The van der Waals surface area contributed by atoms with Crippen LogP contribution >= 0.6 is 0 Å². The lowest BCUT2D eigenvalue weighted by atomic mass is 10.00. The highest BCUT2D eigenvalue weighted by Gasteiger charge is 2.18. The molecule has 1 aromatic carbocycles. The van der Waals surface area contributed by atoms with Crippen LogP contribution in [0.2, 0.25) is 0 Å². The van der Waals surface area contributed by atoms with Gasteiger partial charge in [-0.15, -0.1) is 0 Å². The first kappa shape index (κ1) is 14.7. The van der Waals surface area contributed by atoms with Crippen molar-refractivity contribution in [2.24, 2.45) is 0 Å². The van der Waals surface area contributed by atoms with Crippen LogP contribution in [-0.4, -0.2) is 23.8 Å². The molecule has 0 heterocycles. The quantitative estimate of drug-likeness (QED) is 0.808. The minimum absolute atomic E-state index is 0.424. The molecule has 0 aliphatic heterocycles. The molecule has 0 saturated carbocycles. The Morgan fingerprint density at radius 3 is 2.33 bits per heavy atom. The van der Waals surface area contributed by atoms with Crippen LogP contribution in [0.25, 0.3) is 0 Å². The Bertz CT molecular complexity index is 368. The number of benzene rings is 1. The third-order valence-electron chi connectivity index (χ3n) is 2.87. The molecule has 0 bridgehead atoms. The molecule has 1 atom stereocenters. The first-order valence-electron chi connectivity index (χ1n) is 6.47. The van der Waals surface area contributed by atoms with E-state index >= 15 is 0 Å². The van der Waals surface area contributed by atoms with E-state index in [1.165, 1.54) is 5.56 Å². The molecule has 0 aliphatic rings. The smallest absolute Gasteiger partial charge is 0.333 e. The molecule has 0 spiro atoms. The van der Waals surface area contributed by atoms with Gasteiger partial charge >= 0.3 is 5.97 Å². The summed E-state index contributed by atoms with van der Waals surface area (Å²) in [6, 6.07) is 8.08.